The Hall–Kier alpha value is -1.30. The first kappa shape index (κ1) is 23.0. The highest BCUT2D eigenvalue weighted by Gasteiger charge is 2.49. The van der Waals surface area contributed by atoms with E-state index in [0.29, 0.717) is 17.9 Å². The van der Waals surface area contributed by atoms with Crippen molar-refractivity contribution in [2.24, 2.45) is 17.1 Å². The van der Waals surface area contributed by atoms with Crippen LogP contribution >= 0.6 is 11.6 Å². The normalized spacial score (nSPS) is 25.5. The smallest absolute Gasteiger partial charge is 0.315 e. The number of aryl methyl sites for hydroxylation is 1. The van der Waals surface area contributed by atoms with Crippen LogP contribution in [0.25, 0.3) is 0 Å². The van der Waals surface area contributed by atoms with Gasteiger partial charge in [-0.2, -0.15) is 0 Å². The summed E-state index contributed by atoms with van der Waals surface area (Å²) in [5.74, 6) is -0.180. The van der Waals surface area contributed by atoms with Gasteiger partial charge in [0.25, 0.3) is 0 Å². The van der Waals surface area contributed by atoms with E-state index < -0.39 is 11.6 Å². The Morgan fingerprint density at radius 1 is 1.43 bits per heavy atom. The number of urea groups is 1. The number of hydrogen-bond acceptors (Lipinski definition) is 3. The molecule has 1 saturated carbocycles. The summed E-state index contributed by atoms with van der Waals surface area (Å²) in [6.45, 7) is 6.59. The highest BCUT2D eigenvalue weighted by atomic mass is 35.5. The number of hydrogen-bond donors (Lipinski definition) is 2. The number of benzene rings is 1. The molecular formula is C22H35ClN2O3. The molecule has 0 saturated heterocycles. The maximum Gasteiger partial charge on any atom is 0.315 e. The minimum absolute atomic E-state index is 0.0547. The summed E-state index contributed by atoms with van der Waals surface area (Å²) >= 11 is 6.65. The number of amides is 2. The zero-order valence-corrected chi connectivity index (χ0v) is 18.6. The van der Waals surface area contributed by atoms with Crippen molar-refractivity contribution in [3.05, 3.63) is 34.3 Å². The van der Waals surface area contributed by atoms with Gasteiger partial charge in [-0.05, 0) is 54.7 Å². The molecule has 1 aliphatic carbocycles. The molecule has 0 bridgehead atoms. The summed E-state index contributed by atoms with van der Waals surface area (Å²) in [7, 11) is 3.39. The number of aliphatic hydroxyl groups is 1. The molecule has 0 spiro atoms. The van der Waals surface area contributed by atoms with Crippen molar-refractivity contribution in [1.82, 2.24) is 4.90 Å². The third-order valence-corrected chi connectivity index (χ3v) is 6.60. The molecule has 1 aromatic carbocycles. The number of nitrogens with zero attached hydrogens (tertiary/aromatic N) is 1. The molecule has 0 aromatic heterocycles. The van der Waals surface area contributed by atoms with E-state index in [2.05, 4.69) is 26.8 Å². The average Bonchev–Trinajstić information content (AvgIpc) is 2.64. The average molecular weight is 411 g/mol. The fourth-order valence-electron chi connectivity index (χ4n) is 4.40. The van der Waals surface area contributed by atoms with Gasteiger partial charge in [0.05, 0.1) is 11.6 Å². The van der Waals surface area contributed by atoms with Crippen LogP contribution in [0.4, 0.5) is 4.79 Å². The molecule has 0 heterocycles. The molecule has 3 N–H and O–H groups in total. The van der Waals surface area contributed by atoms with Gasteiger partial charge in [-0.25, -0.2) is 4.79 Å². The van der Waals surface area contributed by atoms with E-state index in [-0.39, 0.29) is 24.0 Å². The molecule has 3 unspecified atom stereocenters. The van der Waals surface area contributed by atoms with Crippen LogP contribution in [0, 0.1) is 11.3 Å². The molecule has 158 valence electrons. The maximum atomic E-state index is 12.2. The van der Waals surface area contributed by atoms with Crippen molar-refractivity contribution < 1.29 is 14.6 Å². The second-order valence-corrected chi connectivity index (χ2v) is 9.61. The SMILES string of the molecule is COC1CCC(c2ccc(CCC(C)(C)C)c(Cl)c2)(N(C)C(N)=O)C(CO)C1. The summed E-state index contributed by atoms with van der Waals surface area (Å²) in [5.41, 5.74) is 7.24. The van der Waals surface area contributed by atoms with Crippen LogP contribution in [-0.4, -0.2) is 42.9 Å². The van der Waals surface area contributed by atoms with Crippen molar-refractivity contribution in [2.75, 3.05) is 20.8 Å². The lowest BCUT2D eigenvalue weighted by molar-refractivity contribution is -0.0483. The quantitative estimate of drug-likeness (QED) is 0.732. The van der Waals surface area contributed by atoms with E-state index in [0.717, 1.165) is 30.4 Å². The number of carbonyl (C=O) groups is 1. The Morgan fingerprint density at radius 3 is 2.61 bits per heavy atom. The van der Waals surface area contributed by atoms with E-state index in [9.17, 15) is 9.90 Å². The molecule has 6 heteroatoms. The van der Waals surface area contributed by atoms with Crippen LogP contribution in [0.2, 0.25) is 5.02 Å². The van der Waals surface area contributed by atoms with Gasteiger partial charge < -0.3 is 20.5 Å². The van der Waals surface area contributed by atoms with Crippen LogP contribution in [0.1, 0.15) is 57.6 Å². The topological polar surface area (TPSA) is 75.8 Å². The molecule has 1 fully saturated rings. The monoisotopic (exact) mass is 410 g/mol. The standard InChI is InChI=1S/C22H35ClN2O3/c1-21(2,3)10-8-15-6-7-16(13-19(15)23)22(25(4)20(24)27)11-9-18(28-5)12-17(22)14-26/h6-7,13,17-18,26H,8-12,14H2,1-5H3,(H2,24,27). The first-order chi connectivity index (χ1) is 13.0. The lowest BCUT2D eigenvalue weighted by Crippen LogP contribution is -2.57. The Kier molecular flexibility index (Phi) is 7.40. The second kappa shape index (κ2) is 9.02. The molecule has 2 amide bonds. The van der Waals surface area contributed by atoms with Crippen molar-refractivity contribution >= 4 is 17.6 Å². The third-order valence-electron chi connectivity index (χ3n) is 6.25. The van der Waals surface area contributed by atoms with Gasteiger partial charge in [-0.3, -0.25) is 0 Å². The van der Waals surface area contributed by atoms with Gasteiger partial charge in [0.1, 0.15) is 0 Å². The van der Waals surface area contributed by atoms with E-state index in [4.69, 9.17) is 22.1 Å². The number of rotatable bonds is 6. The molecule has 1 aromatic rings. The predicted molar refractivity (Wildman–Crippen MR) is 113 cm³/mol. The number of carbonyl (C=O) groups excluding carboxylic acids is 1. The zero-order valence-electron chi connectivity index (χ0n) is 17.8. The first-order valence-corrected chi connectivity index (χ1v) is 10.4. The summed E-state index contributed by atoms with van der Waals surface area (Å²) in [4.78, 5) is 13.7. The Morgan fingerprint density at radius 2 is 2.11 bits per heavy atom. The fraction of sp³-hybridized carbons (Fsp3) is 0.682. The highest BCUT2D eigenvalue weighted by molar-refractivity contribution is 6.31. The van der Waals surface area contributed by atoms with E-state index in [1.807, 2.05) is 12.1 Å². The summed E-state index contributed by atoms with van der Waals surface area (Å²) in [5, 5.41) is 10.9. The number of halogens is 1. The molecular weight excluding hydrogens is 376 g/mol. The van der Waals surface area contributed by atoms with Gasteiger partial charge in [-0.15, -0.1) is 0 Å². The van der Waals surface area contributed by atoms with Gasteiger partial charge >= 0.3 is 6.03 Å². The molecule has 0 aliphatic heterocycles. The van der Waals surface area contributed by atoms with E-state index in [1.165, 1.54) is 0 Å². The second-order valence-electron chi connectivity index (χ2n) is 9.20. The number of aliphatic hydroxyl groups excluding tert-OH is 1. The van der Waals surface area contributed by atoms with E-state index >= 15 is 0 Å². The van der Waals surface area contributed by atoms with Crippen molar-refractivity contribution in [3.63, 3.8) is 0 Å². The lowest BCUT2D eigenvalue weighted by atomic mass is 9.67. The Labute approximate surface area is 174 Å². The molecule has 3 atom stereocenters. The third kappa shape index (κ3) is 4.81. The van der Waals surface area contributed by atoms with Crippen LogP contribution < -0.4 is 5.73 Å². The summed E-state index contributed by atoms with van der Waals surface area (Å²) in [6, 6.07) is 5.53. The number of primary amides is 1. The van der Waals surface area contributed by atoms with Gasteiger partial charge in [0.15, 0.2) is 0 Å². The van der Waals surface area contributed by atoms with Crippen LogP contribution in [0.15, 0.2) is 18.2 Å². The highest BCUT2D eigenvalue weighted by Crippen LogP contribution is 2.47. The zero-order chi connectivity index (χ0) is 21.1. The first-order valence-electron chi connectivity index (χ1n) is 10.0. The molecule has 0 radical (unpaired) electrons. The van der Waals surface area contributed by atoms with Gasteiger partial charge in [-0.1, -0.05) is 44.5 Å². The van der Waals surface area contributed by atoms with Crippen molar-refractivity contribution in [2.45, 2.75) is 64.5 Å². The van der Waals surface area contributed by atoms with Gasteiger partial charge in [0, 0.05) is 31.7 Å². The molecule has 1 aliphatic rings. The summed E-state index contributed by atoms with van der Waals surface area (Å²) < 4.78 is 5.53. The minimum Gasteiger partial charge on any atom is -0.396 e. The van der Waals surface area contributed by atoms with Crippen molar-refractivity contribution in [3.8, 4) is 0 Å². The molecule has 28 heavy (non-hydrogen) atoms. The van der Waals surface area contributed by atoms with Crippen LogP contribution in [0.3, 0.4) is 0 Å². The Balaban J connectivity index is 2.44. The minimum atomic E-state index is -0.693. The van der Waals surface area contributed by atoms with Gasteiger partial charge in [0.2, 0.25) is 0 Å². The molecule has 2 rings (SSSR count). The number of methoxy groups -OCH3 is 1. The fourth-order valence-corrected chi connectivity index (χ4v) is 4.67. The largest absolute Gasteiger partial charge is 0.396 e. The van der Waals surface area contributed by atoms with Crippen LogP contribution in [-0.2, 0) is 16.7 Å². The molecule has 5 nitrogen and oxygen atoms in total. The number of ether oxygens (including phenoxy) is 1. The van der Waals surface area contributed by atoms with Crippen LogP contribution in [0.5, 0.6) is 0 Å². The Bertz CT molecular complexity index is 689. The maximum absolute atomic E-state index is 12.2. The lowest BCUT2D eigenvalue weighted by Gasteiger charge is -2.51. The summed E-state index contributed by atoms with van der Waals surface area (Å²) in [6.07, 6.45) is 4.10. The van der Waals surface area contributed by atoms with Crippen molar-refractivity contribution in [1.29, 1.82) is 0 Å². The predicted octanol–water partition coefficient (Wildman–Crippen LogP) is 4.33. The van der Waals surface area contributed by atoms with E-state index in [1.54, 1.807) is 19.1 Å². The number of nitrogens with two attached hydrogens (primary N) is 1.